The van der Waals surface area contributed by atoms with Crippen molar-refractivity contribution in [2.24, 2.45) is 0 Å². The van der Waals surface area contributed by atoms with Gasteiger partial charge in [-0.3, -0.25) is 4.79 Å². The van der Waals surface area contributed by atoms with Gasteiger partial charge in [-0.1, -0.05) is 0 Å². The van der Waals surface area contributed by atoms with E-state index in [1.807, 2.05) is 0 Å². The number of ether oxygens (including phenoxy) is 2. The highest BCUT2D eigenvalue weighted by Gasteiger charge is 2.22. The van der Waals surface area contributed by atoms with E-state index in [9.17, 15) is 9.18 Å². The van der Waals surface area contributed by atoms with Crippen molar-refractivity contribution >= 4 is 11.6 Å². The van der Waals surface area contributed by atoms with Crippen LogP contribution in [-0.2, 0) is 14.3 Å². The summed E-state index contributed by atoms with van der Waals surface area (Å²) < 4.78 is 26.0. The summed E-state index contributed by atoms with van der Waals surface area (Å²) in [5.41, 5.74) is 0.887. The Morgan fingerprint density at radius 2 is 2.10 bits per heavy atom. The predicted molar refractivity (Wildman–Crippen MR) is 74.9 cm³/mol. The Hall–Kier alpha value is -2.18. The van der Waals surface area contributed by atoms with E-state index in [0.29, 0.717) is 24.6 Å². The summed E-state index contributed by atoms with van der Waals surface area (Å²) >= 11 is 0. The molecule has 110 valence electrons. The second kappa shape index (κ2) is 6.07. The van der Waals surface area contributed by atoms with Crippen LogP contribution in [0, 0.1) is 5.82 Å². The van der Waals surface area contributed by atoms with Crippen LogP contribution in [0.4, 0.5) is 10.1 Å². The van der Waals surface area contributed by atoms with Gasteiger partial charge in [0.15, 0.2) is 6.10 Å². The molecule has 0 spiro atoms. The second-order valence-electron chi connectivity index (χ2n) is 4.68. The summed E-state index contributed by atoms with van der Waals surface area (Å²) in [7, 11) is 0. The minimum absolute atomic E-state index is 0.234. The minimum Gasteiger partial charge on any atom is -0.376 e. The van der Waals surface area contributed by atoms with Crippen molar-refractivity contribution in [1.82, 2.24) is 4.57 Å². The highest BCUT2D eigenvalue weighted by Crippen LogP contribution is 2.19. The van der Waals surface area contributed by atoms with E-state index < -0.39 is 6.10 Å². The number of nitrogens with one attached hydrogen (secondary N) is 1. The number of carbonyl (C=O) groups is 1. The van der Waals surface area contributed by atoms with Gasteiger partial charge >= 0.3 is 0 Å². The van der Waals surface area contributed by atoms with Crippen molar-refractivity contribution in [3.63, 3.8) is 0 Å². The molecule has 0 bridgehead atoms. The standard InChI is InChI=1S/C15H15FN2O3/c16-12-4-3-11(9-13(12)18-5-1-2-6-18)17-15(19)14-10-20-7-8-21-14/h1-6,9,14H,7-8,10H2,(H,17,19)/t14-/m1/s1. The minimum atomic E-state index is -0.626. The quantitative estimate of drug-likeness (QED) is 0.940. The summed E-state index contributed by atoms with van der Waals surface area (Å²) in [6.07, 6.45) is 2.85. The fraction of sp³-hybridized carbons (Fsp3) is 0.267. The van der Waals surface area contributed by atoms with Gasteiger partial charge in [0.25, 0.3) is 5.91 Å². The average molecular weight is 290 g/mol. The van der Waals surface area contributed by atoms with E-state index >= 15 is 0 Å². The van der Waals surface area contributed by atoms with E-state index in [-0.39, 0.29) is 18.3 Å². The zero-order chi connectivity index (χ0) is 14.7. The molecule has 1 aliphatic heterocycles. The summed E-state index contributed by atoms with van der Waals surface area (Å²) in [5.74, 6) is -0.652. The van der Waals surface area contributed by atoms with Crippen LogP contribution in [0.3, 0.4) is 0 Å². The number of rotatable bonds is 3. The third kappa shape index (κ3) is 3.12. The van der Waals surface area contributed by atoms with E-state index in [2.05, 4.69) is 5.32 Å². The summed E-state index contributed by atoms with van der Waals surface area (Å²) in [4.78, 5) is 12.0. The molecule has 2 aromatic rings. The largest absolute Gasteiger partial charge is 0.376 e. The third-order valence-corrected chi connectivity index (χ3v) is 3.20. The van der Waals surface area contributed by atoms with Crippen molar-refractivity contribution in [2.75, 3.05) is 25.1 Å². The topological polar surface area (TPSA) is 52.5 Å². The molecule has 1 amide bonds. The number of hydrogen-bond acceptors (Lipinski definition) is 3. The van der Waals surface area contributed by atoms with Crippen molar-refractivity contribution < 1.29 is 18.7 Å². The van der Waals surface area contributed by atoms with Crippen LogP contribution in [0.15, 0.2) is 42.7 Å². The van der Waals surface area contributed by atoms with Crippen molar-refractivity contribution in [1.29, 1.82) is 0 Å². The van der Waals surface area contributed by atoms with Gasteiger partial charge < -0.3 is 19.4 Å². The lowest BCUT2D eigenvalue weighted by atomic mass is 10.2. The highest BCUT2D eigenvalue weighted by molar-refractivity contribution is 5.94. The number of carbonyl (C=O) groups excluding carboxylic acids is 1. The first-order valence-corrected chi connectivity index (χ1v) is 6.67. The number of amides is 1. The number of nitrogens with zero attached hydrogens (tertiary/aromatic N) is 1. The SMILES string of the molecule is O=C(Nc1ccc(F)c(-n2cccc2)c1)[C@H]1COCCO1. The predicted octanol–water partition coefficient (Wildman–Crippen LogP) is 1.97. The van der Waals surface area contributed by atoms with Gasteiger partial charge in [-0.25, -0.2) is 4.39 Å². The number of hydrogen-bond donors (Lipinski definition) is 1. The first kappa shape index (κ1) is 13.8. The number of benzene rings is 1. The van der Waals surface area contributed by atoms with Gasteiger partial charge in [-0.15, -0.1) is 0 Å². The Balaban J connectivity index is 1.77. The third-order valence-electron chi connectivity index (χ3n) is 3.20. The molecule has 1 aliphatic rings. The zero-order valence-corrected chi connectivity index (χ0v) is 11.3. The maximum absolute atomic E-state index is 13.8. The fourth-order valence-electron chi connectivity index (χ4n) is 2.15. The maximum atomic E-state index is 13.8. The lowest BCUT2D eigenvalue weighted by Gasteiger charge is -2.22. The molecule has 1 aromatic heterocycles. The Labute approximate surface area is 121 Å². The van der Waals surface area contributed by atoms with Gasteiger partial charge in [0.1, 0.15) is 5.82 Å². The van der Waals surface area contributed by atoms with Gasteiger partial charge in [-0.05, 0) is 30.3 Å². The first-order chi connectivity index (χ1) is 10.2. The molecular weight excluding hydrogens is 275 g/mol. The van der Waals surface area contributed by atoms with Gasteiger partial charge in [0.05, 0.1) is 25.5 Å². The molecule has 0 unspecified atom stereocenters. The van der Waals surface area contributed by atoms with E-state index in [4.69, 9.17) is 9.47 Å². The lowest BCUT2D eigenvalue weighted by molar-refractivity contribution is -0.142. The van der Waals surface area contributed by atoms with Crippen LogP contribution < -0.4 is 5.32 Å². The Kier molecular flexibility index (Phi) is 3.98. The van der Waals surface area contributed by atoms with Crippen LogP contribution in [0.25, 0.3) is 5.69 Å². The molecule has 1 aromatic carbocycles. The van der Waals surface area contributed by atoms with Gasteiger partial charge in [0, 0.05) is 18.1 Å². The monoisotopic (exact) mass is 290 g/mol. The molecule has 0 aliphatic carbocycles. The molecule has 6 heteroatoms. The molecule has 3 rings (SSSR count). The van der Waals surface area contributed by atoms with Gasteiger partial charge in [0.2, 0.25) is 0 Å². The van der Waals surface area contributed by atoms with E-state index in [0.717, 1.165) is 0 Å². The average Bonchev–Trinajstić information content (AvgIpc) is 3.04. The fourth-order valence-corrected chi connectivity index (χ4v) is 2.15. The first-order valence-electron chi connectivity index (χ1n) is 6.67. The molecule has 0 saturated carbocycles. The van der Waals surface area contributed by atoms with Crippen LogP contribution >= 0.6 is 0 Å². The smallest absolute Gasteiger partial charge is 0.255 e. The summed E-state index contributed by atoms with van der Waals surface area (Å²) in [6.45, 7) is 1.13. The molecule has 1 atom stereocenters. The molecule has 1 fully saturated rings. The number of halogens is 1. The molecule has 1 N–H and O–H groups in total. The van der Waals surface area contributed by atoms with Crippen LogP contribution in [0.5, 0.6) is 0 Å². The van der Waals surface area contributed by atoms with Crippen molar-refractivity contribution in [2.45, 2.75) is 6.10 Å². The second-order valence-corrected chi connectivity index (χ2v) is 4.68. The van der Waals surface area contributed by atoms with E-state index in [1.165, 1.54) is 12.1 Å². The number of anilines is 1. The number of aromatic nitrogens is 1. The maximum Gasteiger partial charge on any atom is 0.255 e. The van der Waals surface area contributed by atoms with Crippen LogP contribution in [0.2, 0.25) is 0 Å². The van der Waals surface area contributed by atoms with Crippen LogP contribution in [-0.4, -0.2) is 36.4 Å². The molecule has 0 radical (unpaired) electrons. The van der Waals surface area contributed by atoms with Crippen molar-refractivity contribution in [3.05, 3.63) is 48.5 Å². The summed E-state index contributed by atoms with van der Waals surface area (Å²) in [5, 5.41) is 2.72. The lowest BCUT2D eigenvalue weighted by Crippen LogP contribution is -2.39. The zero-order valence-electron chi connectivity index (χ0n) is 11.3. The molecular formula is C15H15FN2O3. The molecule has 1 saturated heterocycles. The van der Waals surface area contributed by atoms with E-state index in [1.54, 1.807) is 35.2 Å². The summed E-state index contributed by atoms with van der Waals surface area (Å²) in [6, 6.07) is 8.03. The van der Waals surface area contributed by atoms with Crippen LogP contribution in [0.1, 0.15) is 0 Å². The Morgan fingerprint density at radius 1 is 1.29 bits per heavy atom. The Morgan fingerprint density at radius 3 is 2.81 bits per heavy atom. The van der Waals surface area contributed by atoms with Gasteiger partial charge in [-0.2, -0.15) is 0 Å². The van der Waals surface area contributed by atoms with Crippen molar-refractivity contribution in [3.8, 4) is 5.69 Å². The Bertz CT molecular complexity index is 622. The molecule has 2 heterocycles. The molecule has 5 nitrogen and oxygen atoms in total. The highest BCUT2D eigenvalue weighted by atomic mass is 19.1. The normalized spacial score (nSPS) is 18.4. The molecule has 21 heavy (non-hydrogen) atoms.